The van der Waals surface area contributed by atoms with Gasteiger partial charge in [-0.3, -0.25) is 0 Å². The highest BCUT2D eigenvalue weighted by Gasteiger charge is 2.03. The molecule has 0 rings (SSSR count). The number of aliphatic hydroxyl groups excluding tert-OH is 1. The van der Waals surface area contributed by atoms with Gasteiger partial charge in [-0.15, -0.1) is 13.2 Å². The van der Waals surface area contributed by atoms with Gasteiger partial charge in [-0.1, -0.05) is 12.2 Å². The van der Waals surface area contributed by atoms with Crippen LogP contribution < -0.4 is 0 Å². The lowest BCUT2D eigenvalue weighted by Crippen LogP contribution is -2.22. The van der Waals surface area contributed by atoms with E-state index in [2.05, 4.69) is 13.2 Å². The van der Waals surface area contributed by atoms with Gasteiger partial charge in [-0.25, -0.2) is 0 Å². The first kappa shape index (κ1) is 17.4. The van der Waals surface area contributed by atoms with Gasteiger partial charge in [0.15, 0.2) is 0 Å². The predicted molar refractivity (Wildman–Crippen MR) is 75.7 cm³/mol. The van der Waals surface area contributed by atoms with Crippen LogP contribution in [0.15, 0.2) is 25.3 Å². The van der Waals surface area contributed by atoms with Gasteiger partial charge in [0.25, 0.3) is 0 Å². The summed E-state index contributed by atoms with van der Waals surface area (Å²) < 4.78 is 10.7. The smallest absolute Gasteiger partial charge is 0.101 e. The third-order valence-corrected chi connectivity index (χ3v) is 2.51. The first-order chi connectivity index (χ1) is 8.81. The SMILES string of the molecule is C=CCCCCOCC(O)COCCCCC=C. The summed E-state index contributed by atoms with van der Waals surface area (Å²) >= 11 is 0. The maximum absolute atomic E-state index is 9.57. The summed E-state index contributed by atoms with van der Waals surface area (Å²) in [6.07, 6.45) is 9.59. The highest BCUT2D eigenvalue weighted by Crippen LogP contribution is 1.99. The zero-order valence-electron chi connectivity index (χ0n) is 11.5. The molecule has 0 aliphatic heterocycles. The molecule has 0 aromatic heterocycles. The van der Waals surface area contributed by atoms with Crippen LogP contribution in [-0.2, 0) is 9.47 Å². The van der Waals surface area contributed by atoms with Gasteiger partial charge in [0.1, 0.15) is 6.10 Å². The minimum Gasteiger partial charge on any atom is -0.388 e. The van der Waals surface area contributed by atoms with E-state index in [-0.39, 0.29) is 0 Å². The maximum Gasteiger partial charge on any atom is 0.101 e. The minimum atomic E-state index is -0.510. The van der Waals surface area contributed by atoms with Gasteiger partial charge >= 0.3 is 0 Å². The number of ether oxygens (including phenoxy) is 2. The van der Waals surface area contributed by atoms with Crippen LogP contribution in [0.3, 0.4) is 0 Å². The molecular weight excluding hydrogens is 228 g/mol. The highest BCUT2D eigenvalue weighted by atomic mass is 16.5. The van der Waals surface area contributed by atoms with Crippen molar-refractivity contribution >= 4 is 0 Å². The quantitative estimate of drug-likeness (QED) is 0.383. The second-order valence-electron chi connectivity index (χ2n) is 4.37. The van der Waals surface area contributed by atoms with Crippen LogP contribution in [0.1, 0.15) is 38.5 Å². The Morgan fingerprint density at radius 3 is 1.67 bits per heavy atom. The van der Waals surface area contributed by atoms with Gasteiger partial charge < -0.3 is 14.6 Å². The molecule has 106 valence electrons. The Bertz CT molecular complexity index is 172. The molecule has 3 heteroatoms. The number of hydrogen-bond donors (Lipinski definition) is 1. The first-order valence-electron chi connectivity index (χ1n) is 6.86. The van der Waals surface area contributed by atoms with Crippen LogP contribution >= 0.6 is 0 Å². The molecule has 0 bridgehead atoms. The van der Waals surface area contributed by atoms with Crippen LogP contribution in [0.2, 0.25) is 0 Å². The number of unbranched alkanes of at least 4 members (excludes halogenated alkanes) is 4. The van der Waals surface area contributed by atoms with Crippen molar-refractivity contribution in [1.29, 1.82) is 0 Å². The summed E-state index contributed by atoms with van der Waals surface area (Å²) in [5, 5.41) is 9.57. The van der Waals surface area contributed by atoms with E-state index in [0.29, 0.717) is 26.4 Å². The van der Waals surface area contributed by atoms with E-state index >= 15 is 0 Å². The molecule has 18 heavy (non-hydrogen) atoms. The summed E-state index contributed by atoms with van der Waals surface area (Å²) in [4.78, 5) is 0. The fraction of sp³-hybridized carbons (Fsp3) is 0.733. The van der Waals surface area contributed by atoms with E-state index in [9.17, 15) is 5.11 Å². The molecule has 0 radical (unpaired) electrons. The van der Waals surface area contributed by atoms with Gasteiger partial charge in [0.2, 0.25) is 0 Å². The second kappa shape index (κ2) is 14.4. The average molecular weight is 256 g/mol. The van der Waals surface area contributed by atoms with Crippen molar-refractivity contribution in [2.75, 3.05) is 26.4 Å². The van der Waals surface area contributed by atoms with E-state index in [1.165, 1.54) is 0 Å². The van der Waals surface area contributed by atoms with Crippen LogP contribution in [-0.4, -0.2) is 37.6 Å². The molecule has 0 aromatic carbocycles. The molecule has 3 nitrogen and oxygen atoms in total. The van der Waals surface area contributed by atoms with E-state index in [4.69, 9.17) is 9.47 Å². The monoisotopic (exact) mass is 256 g/mol. The van der Waals surface area contributed by atoms with E-state index in [1.54, 1.807) is 0 Å². The molecule has 1 N–H and O–H groups in total. The lowest BCUT2D eigenvalue weighted by Gasteiger charge is -2.11. The first-order valence-corrected chi connectivity index (χ1v) is 6.86. The van der Waals surface area contributed by atoms with E-state index < -0.39 is 6.10 Å². The van der Waals surface area contributed by atoms with Crippen molar-refractivity contribution < 1.29 is 14.6 Å². The molecule has 0 aliphatic rings. The third kappa shape index (κ3) is 13.4. The van der Waals surface area contributed by atoms with Crippen molar-refractivity contribution in [3.05, 3.63) is 25.3 Å². The Morgan fingerprint density at radius 2 is 1.28 bits per heavy atom. The number of rotatable bonds is 14. The molecule has 0 spiro atoms. The fourth-order valence-electron chi connectivity index (χ4n) is 1.47. The number of hydrogen-bond acceptors (Lipinski definition) is 3. The summed E-state index contributed by atoms with van der Waals surface area (Å²) in [5.74, 6) is 0. The Balaban J connectivity index is 3.14. The minimum absolute atomic E-state index is 0.362. The van der Waals surface area contributed by atoms with Crippen molar-refractivity contribution in [3.63, 3.8) is 0 Å². The number of allylic oxidation sites excluding steroid dienone is 2. The number of aliphatic hydroxyl groups is 1. The van der Waals surface area contributed by atoms with E-state index in [1.807, 2.05) is 12.2 Å². The fourth-order valence-corrected chi connectivity index (χ4v) is 1.47. The molecule has 0 unspecified atom stereocenters. The molecule has 0 saturated carbocycles. The van der Waals surface area contributed by atoms with Gasteiger partial charge in [-0.05, 0) is 38.5 Å². The molecule has 0 atom stereocenters. The highest BCUT2D eigenvalue weighted by molar-refractivity contribution is 4.65. The Kier molecular flexibility index (Phi) is 13.9. The van der Waals surface area contributed by atoms with Crippen molar-refractivity contribution in [2.24, 2.45) is 0 Å². The zero-order chi connectivity index (χ0) is 13.5. The molecule has 0 saturated heterocycles. The van der Waals surface area contributed by atoms with Crippen molar-refractivity contribution in [1.82, 2.24) is 0 Å². The Morgan fingerprint density at radius 1 is 0.833 bits per heavy atom. The molecular formula is C15H28O3. The average Bonchev–Trinajstić information content (AvgIpc) is 2.38. The maximum atomic E-state index is 9.57. The molecule has 0 heterocycles. The lowest BCUT2D eigenvalue weighted by atomic mass is 10.2. The summed E-state index contributed by atoms with van der Waals surface area (Å²) in [6.45, 7) is 9.45. The summed E-state index contributed by atoms with van der Waals surface area (Å²) in [7, 11) is 0. The molecule has 0 amide bonds. The lowest BCUT2D eigenvalue weighted by molar-refractivity contribution is -0.0199. The molecule has 0 fully saturated rings. The topological polar surface area (TPSA) is 38.7 Å². The molecule has 0 aromatic rings. The predicted octanol–water partition coefficient (Wildman–Crippen LogP) is 3.09. The van der Waals surface area contributed by atoms with Gasteiger partial charge in [0, 0.05) is 13.2 Å². The standard InChI is InChI=1S/C15H28O3/c1-3-5-7-9-11-17-13-15(16)14-18-12-10-8-6-4-2/h3-4,15-16H,1-2,5-14H2. The second-order valence-corrected chi connectivity index (χ2v) is 4.37. The Hall–Kier alpha value is -0.640. The van der Waals surface area contributed by atoms with Crippen LogP contribution in [0.4, 0.5) is 0 Å². The Labute approximate surface area is 111 Å². The van der Waals surface area contributed by atoms with Crippen molar-refractivity contribution in [2.45, 2.75) is 44.6 Å². The zero-order valence-corrected chi connectivity index (χ0v) is 11.5. The van der Waals surface area contributed by atoms with E-state index in [0.717, 1.165) is 38.5 Å². The van der Waals surface area contributed by atoms with Crippen LogP contribution in [0, 0.1) is 0 Å². The largest absolute Gasteiger partial charge is 0.388 e. The summed E-state index contributed by atoms with van der Waals surface area (Å²) in [6, 6.07) is 0. The van der Waals surface area contributed by atoms with Gasteiger partial charge in [-0.2, -0.15) is 0 Å². The normalized spacial score (nSPS) is 10.8. The van der Waals surface area contributed by atoms with Gasteiger partial charge in [0.05, 0.1) is 13.2 Å². The van der Waals surface area contributed by atoms with Crippen LogP contribution in [0.25, 0.3) is 0 Å². The van der Waals surface area contributed by atoms with Crippen LogP contribution in [0.5, 0.6) is 0 Å². The summed E-state index contributed by atoms with van der Waals surface area (Å²) in [5.41, 5.74) is 0. The molecule has 0 aliphatic carbocycles. The van der Waals surface area contributed by atoms with Crippen molar-refractivity contribution in [3.8, 4) is 0 Å². The third-order valence-electron chi connectivity index (χ3n) is 2.51.